The Labute approximate surface area is 96.8 Å². The van der Waals surface area contributed by atoms with E-state index in [4.69, 9.17) is 9.84 Å². The summed E-state index contributed by atoms with van der Waals surface area (Å²) in [6, 6.07) is 0. The minimum atomic E-state index is -0.0244. The lowest BCUT2D eigenvalue weighted by molar-refractivity contribution is -0.122. The van der Waals surface area contributed by atoms with Crippen molar-refractivity contribution in [1.29, 1.82) is 0 Å². The number of nitrogens with zero attached hydrogens (tertiary/aromatic N) is 1. The summed E-state index contributed by atoms with van der Waals surface area (Å²) in [6.45, 7) is 3.36. The molecule has 0 unspecified atom stereocenters. The average Bonchev–Trinajstić information content (AvgIpc) is 2.27. The molecule has 2 N–H and O–H groups in total. The van der Waals surface area contributed by atoms with Crippen LogP contribution in [0, 0.1) is 5.92 Å². The van der Waals surface area contributed by atoms with E-state index in [1.54, 1.807) is 0 Å². The summed E-state index contributed by atoms with van der Waals surface area (Å²) in [6.07, 6.45) is 2.17. The van der Waals surface area contributed by atoms with Gasteiger partial charge in [0, 0.05) is 26.3 Å². The Morgan fingerprint density at radius 3 is 2.81 bits per heavy atom. The number of rotatable bonds is 6. The summed E-state index contributed by atoms with van der Waals surface area (Å²) < 4.78 is 5.29. The van der Waals surface area contributed by atoms with Gasteiger partial charge in [-0.3, -0.25) is 9.69 Å². The van der Waals surface area contributed by atoms with Crippen molar-refractivity contribution in [3.63, 3.8) is 0 Å². The summed E-state index contributed by atoms with van der Waals surface area (Å²) in [5.74, 6) is 0.619. The number of hydrogen-bond donors (Lipinski definition) is 2. The van der Waals surface area contributed by atoms with Crippen LogP contribution >= 0.6 is 0 Å². The van der Waals surface area contributed by atoms with Crippen LogP contribution in [0.4, 0.5) is 0 Å². The van der Waals surface area contributed by atoms with Crippen molar-refractivity contribution in [1.82, 2.24) is 10.2 Å². The molecule has 0 atom stereocenters. The minimum absolute atomic E-state index is 0.00455. The van der Waals surface area contributed by atoms with Crippen molar-refractivity contribution < 1.29 is 14.6 Å². The van der Waals surface area contributed by atoms with E-state index >= 15 is 0 Å². The zero-order valence-corrected chi connectivity index (χ0v) is 9.95. The molecule has 1 saturated heterocycles. The summed E-state index contributed by atoms with van der Waals surface area (Å²) in [7, 11) is 1.95. The van der Waals surface area contributed by atoms with Gasteiger partial charge in [-0.25, -0.2) is 0 Å². The normalized spacial score (nSPS) is 17.7. The number of carbonyl (C=O) groups is 1. The van der Waals surface area contributed by atoms with Crippen molar-refractivity contribution >= 4 is 5.91 Å². The predicted molar refractivity (Wildman–Crippen MR) is 61.1 cm³/mol. The first kappa shape index (κ1) is 13.4. The highest BCUT2D eigenvalue weighted by molar-refractivity contribution is 5.77. The van der Waals surface area contributed by atoms with Crippen LogP contribution in [-0.4, -0.2) is 62.4 Å². The van der Waals surface area contributed by atoms with Gasteiger partial charge in [-0.1, -0.05) is 0 Å². The molecule has 0 aliphatic carbocycles. The van der Waals surface area contributed by atoms with Gasteiger partial charge in [-0.2, -0.15) is 0 Å². The fraction of sp³-hybridized carbons (Fsp3) is 0.909. The number of nitrogens with one attached hydrogen (secondary N) is 1. The Morgan fingerprint density at radius 2 is 2.19 bits per heavy atom. The molecule has 1 amide bonds. The number of aliphatic hydroxyl groups excluding tert-OH is 1. The maximum Gasteiger partial charge on any atom is 0.234 e. The number of carbonyl (C=O) groups excluding carboxylic acids is 1. The molecule has 16 heavy (non-hydrogen) atoms. The Balaban J connectivity index is 2.13. The minimum Gasteiger partial charge on any atom is -0.395 e. The fourth-order valence-corrected chi connectivity index (χ4v) is 1.93. The first-order valence-corrected chi connectivity index (χ1v) is 5.86. The van der Waals surface area contributed by atoms with Crippen LogP contribution in [0.2, 0.25) is 0 Å². The van der Waals surface area contributed by atoms with E-state index < -0.39 is 0 Å². The second-order valence-corrected chi connectivity index (χ2v) is 4.33. The van der Waals surface area contributed by atoms with E-state index in [-0.39, 0.29) is 12.5 Å². The molecule has 0 aromatic heterocycles. The Hall–Kier alpha value is -0.650. The third kappa shape index (κ3) is 5.44. The van der Waals surface area contributed by atoms with Crippen LogP contribution in [0.5, 0.6) is 0 Å². The third-order valence-electron chi connectivity index (χ3n) is 2.76. The molecule has 1 fully saturated rings. The molecule has 1 aliphatic heterocycles. The van der Waals surface area contributed by atoms with Gasteiger partial charge in [-0.15, -0.1) is 0 Å². The van der Waals surface area contributed by atoms with Gasteiger partial charge in [-0.05, 0) is 25.8 Å². The number of ether oxygens (including phenoxy) is 1. The number of hydrogen-bond acceptors (Lipinski definition) is 4. The van der Waals surface area contributed by atoms with E-state index in [0.29, 0.717) is 19.0 Å². The molecule has 0 aromatic rings. The molecule has 0 bridgehead atoms. The van der Waals surface area contributed by atoms with Crippen molar-refractivity contribution in [2.45, 2.75) is 12.8 Å². The lowest BCUT2D eigenvalue weighted by atomic mass is 10.00. The maximum atomic E-state index is 11.4. The number of aliphatic hydroxyl groups is 1. The summed E-state index contributed by atoms with van der Waals surface area (Å²) in [4.78, 5) is 13.4. The second kappa shape index (κ2) is 7.60. The Kier molecular flexibility index (Phi) is 6.37. The van der Waals surface area contributed by atoms with Gasteiger partial charge in [0.1, 0.15) is 0 Å². The first-order valence-electron chi connectivity index (χ1n) is 5.86. The maximum absolute atomic E-state index is 11.4. The monoisotopic (exact) mass is 230 g/mol. The Bertz CT molecular complexity index is 205. The SMILES string of the molecule is CN(CC(=O)NCCO)CC1CCOCC1. The largest absolute Gasteiger partial charge is 0.395 e. The van der Waals surface area contributed by atoms with E-state index in [1.807, 2.05) is 11.9 Å². The highest BCUT2D eigenvalue weighted by Crippen LogP contribution is 2.15. The van der Waals surface area contributed by atoms with E-state index in [0.717, 1.165) is 32.6 Å². The smallest absolute Gasteiger partial charge is 0.234 e. The fourth-order valence-electron chi connectivity index (χ4n) is 1.93. The number of amides is 1. The van der Waals surface area contributed by atoms with E-state index in [9.17, 15) is 4.79 Å². The van der Waals surface area contributed by atoms with Crippen LogP contribution in [0.3, 0.4) is 0 Å². The molecule has 94 valence electrons. The zero-order valence-electron chi connectivity index (χ0n) is 9.95. The van der Waals surface area contributed by atoms with Crippen molar-refractivity contribution in [3.05, 3.63) is 0 Å². The molecule has 5 nitrogen and oxygen atoms in total. The average molecular weight is 230 g/mol. The topological polar surface area (TPSA) is 61.8 Å². The number of likely N-dealkylation sites (N-methyl/N-ethyl adjacent to an activating group) is 1. The lowest BCUT2D eigenvalue weighted by Gasteiger charge is -2.26. The van der Waals surface area contributed by atoms with Crippen LogP contribution in [0.15, 0.2) is 0 Å². The van der Waals surface area contributed by atoms with Gasteiger partial charge < -0.3 is 15.2 Å². The molecular formula is C11H22N2O3. The second-order valence-electron chi connectivity index (χ2n) is 4.33. The van der Waals surface area contributed by atoms with Gasteiger partial charge in [0.05, 0.1) is 13.2 Å². The van der Waals surface area contributed by atoms with Crippen LogP contribution in [0.1, 0.15) is 12.8 Å². The van der Waals surface area contributed by atoms with Gasteiger partial charge in [0.2, 0.25) is 5.91 Å². The predicted octanol–water partition coefficient (Wildman–Crippen LogP) is -0.547. The molecule has 0 aromatic carbocycles. The highest BCUT2D eigenvalue weighted by atomic mass is 16.5. The quantitative estimate of drug-likeness (QED) is 0.643. The van der Waals surface area contributed by atoms with Crippen molar-refractivity contribution in [2.24, 2.45) is 5.92 Å². The standard InChI is InChI=1S/C11H22N2O3/c1-13(9-11(15)12-4-5-14)8-10-2-6-16-7-3-10/h10,14H,2-9H2,1H3,(H,12,15). The Morgan fingerprint density at radius 1 is 1.50 bits per heavy atom. The van der Waals surface area contributed by atoms with E-state index in [1.165, 1.54) is 0 Å². The molecule has 0 saturated carbocycles. The summed E-state index contributed by atoms with van der Waals surface area (Å²) in [5, 5.41) is 11.2. The molecule has 1 heterocycles. The van der Waals surface area contributed by atoms with Gasteiger partial charge in [0.25, 0.3) is 0 Å². The van der Waals surface area contributed by atoms with Crippen LogP contribution in [-0.2, 0) is 9.53 Å². The molecule has 5 heteroatoms. The van der Waals surface area contributed by atoms with Crippen molar-refractivity contribution in [3.8, 4) is 0 Å². The van der Waals surface area contributed by atoms with Crippen molar-refractivity contribution in [2.75, 3.05) is 46.5 Å². The summed E-state index contributed by atoms with van der Waals surface area (Å²) >= 11 is 0. The van der Waals surface area contributed by atoms with Crippen LogP contribution < -0.4 is 5.32 Å². The molecule has 0 radical (unpaired) electrons. The molecule has 1 rings (SSSR count). The van der Waals surface area contributed by atoms with Crippen LogP contribution in [0.25, 0.3) is 0 Å². The van der Waals surface area contributed by atoms with Gasteiger partial charge >= 0.3 is 0 Å². The molecular weight excluding hydrogens is 208 g/mol. The highest BCUT2D eigenvalue weighted by Gasteiger charge is 2.16. The molecule has 1 aliphatic rings. The lowest BCUT2D eigenvalue weighted by Crippen LogP contribution is -2.39. The first-order chi connectivity index (χ1) is 7.72. The molecule has 0 spiro atoms. The summed E-state index contributed by atoms with van der Waals surface area (Å²) in [5.41, 5.74) is 0. The van der Waals surface area contributed by atoms with Gasteiger partial charge in [0.15, 0.2) is 0 Å². The van der Waals surface area contributed by atoms with E-state index in [2.05, 4.69) is 5.32 Å². The zero-order chi connectivity index (χ0) is 11.8. The third-order valence-corrected chi connectivity index (χ3v) is 2.76.